The normalized spacial score (nSPS) is 23.5. The predicted molar refractivity (Wildman–Crippen MR) is 75.6 cm³/mol. The second kappa shape index (κ2) is 5.37. The molecule has 1 aromatic rings. The van der Waals surface area contributed by atoms with E-state index in [0.29, 0.717) is 6.42 Å². The highest BCUT2D eigenvalue weighted by molar-refractivity contribution is 6.06. The summed E-state index contributed by atoms with van der Waals surface area (Å²) in [5, 5.41) is 10.0. The first-order chi connectivity index (χ1) is 9.29. The molecule has 0 spiro atoms. The van der Waals surface area contributed by atoms with Gasteiger partial charge in [-0.05, 0) is 17.4 Å². The van der Waals surface area contributed by atoms with Crippen LogP contribution in [-0.2, 0) is 16.1 Å². The number of hydrogen-bond acceptors (Lipinski definition) is 3. The molecule has 1 heterocycles. The maximum Gasteiger partial charge on any atom is 0.259 e. The topological polar surface area (TPSA) is 57.6 Å². The van der Waals surface area contributed by atoms with Crippen molar-refractivity contribution in [2.75, 3.05) is 0 Å². The van der Waals surface area contributed by atoms with Gasteiger partial charge >= 0.3 is 0 Å². The fourth-order valence-corrected chi connectivity index (χ4v) is 2.56. The largest absolute Gasteiger partial charge is 0.382 e. The van der Waals surface area contributed by atoms with Crippen LogP contribution >= 0.6 is 0 Å². The average Bonchev–Trinajstić information content (AvgIpc) is 2.56. The van der Waals surface area contributed by atoms with E-state index >= 15 is 0 Å². The van der Waals surface area contributed by atoms with Crippen molar-refractivity contribution in [1.29, 1.82) is 0 Å². The molecular formula is C16H21NO3. The van der Waals surface area contributed by atoms with Crippen molar-refractivity contribution >= 4 is 11.8 Å². The van der Waals surface area contributed by atoms with Crippen molar-refractivity contribution in [3.8, 4) is 0 Å². The predicted octanol–water partition coefficient (Wildman–Crippen LogP) is 1.97. The lowest BCUT2D eigenvalue weighted by atomic mass is 9.83. The van der Waals surface area contributed by atoms with Crippen molar-refractivity contribution < 1.29 is 14.7 Å². The number of likely N-dealkylation sites (tertiary alicyclic amines) is 1. The van der Waals surface area contributed by atoms with Crippen LogP contribution < -0.4 is 0 Å². The van der Waals surface area contributed by atoms with Gasteiger partial charge in [0, 0.05) is 0 Å². The Morgan fingerprint density at radius 1 is 1.10 bits per heavy atom. The highest BCUT2D eigenvalue weighted by Gasteiger charge is 2.47. The smallest absolute Gasteiger partial charge is 0.259 e. The minimum absolute atomic E-state index is 0.107. The molecule has 1 unspecified atom stereocenters. The fraction of sp³-hybridized carbons (Fsp3) is 0.500. The van der Waals surface area contributed by atoms with Gasteiger partial charge < -0.3 is 5.11 Å². The molecule has 2 rings (SSSR count). The number of nitrogens with zero attached hydrogens (tertiary/aromatic N) is 1. The van der Waals surface area contributed by atoms with E-state index in [4.69, 9.17) is 0 Å². The summed E-state index contributed by atoms with van der Waals surface area (Å²) >= 11 is 0. The summed E-state index contributed by atoms with van der Waals surface area (Å²) in [5.74, 6) is -1.36. The van der Waals surface area contributed by atoms with Gasteiger partial charge in [0.2, 0.25) is 5.91 Å². The second-order valence-corrected chi connectivity index (χ2v) is 6.56. The molecule has 0 aromatic heterocycles. The van der Waals surface area contributed by atoms with E-state index in [9.17, 15) is 14.7 Å². The number of rotatable bonds is 3. The molecule has 20 heavy (non-hydrogen) atoms. The maximum atomic E-state index is 12.4. The summed E-state index contributed by atoms with van der Waals surface area (Å²) in [6.45, 7) is 6.22. The Labute approximate surface area is 119 Å². The van der Waals surface area contributed by atoms with Gasteiger partial charge in [-0.3, -0.25) is 14.5 Å². The Bertz CT molecular complexity index is 504. The Balaban J connectivity index is 2.15. The van der Waals surface area contributed by atoms with Crippen LogP contribution in [0, 0.1) is 11.3 Å². The van der Waals surface area contributed by atoms with Crippen LogP contribution in [0.2, 0.25) is 0 Å². The number of aliphatic hydroxyl groups excluding tert-OH is 1. The van der Waals surface area contributed by atoms with Crippen LogP contribution in [0.15, 0.2) is 30.3 Å². The maximum absolute atomic E-state index is 12.4. The lowest BCUT2D eigenvalue weighted by Crippen LogP contribution is -2.31. The fourth-order valence-electron chi connectivity index (χ4n) is 2.56. The molecule has 0 radical (unpaired) electrons. The number of amides is 2. The Hall–Kier alpha value is -1.68. The first-order valence-corrected chi connectivity index (χ1v) is 6.87. The third kappa shape index (κ3) is 3.07. The van der Waals surface area contributed by atoms with E-state index in [-0.39, 0.29) is 17.9 Å². The monoisotopic (exact) mass is 275 g/mol. The number of aliphatic hydroxyl groups is 1. The van der Waals surface area contributed by atoms with Gasteiger partial charge in [0.15, 0.2) is 0 Å². The average molecular weight is 275 g/mol. The van der Waals surface area contributed by atoms with Crippen molar-refractivity contribution in [3.63, 3.8) is 0 Å². The summed E-state index contributed by atoms with van der Waals surface area (Å²) in [6.07, 6.45) is -0.699. The second-order valence-electron chi connectivity index (χ2n) is 6.56. The summed E-state index contributed by atoms with van der Waals surface area (Å²) in [6, 6.07) is 9.34. The van der Waals surface area contributed by atoms with Crippen molar-refractivity contribution in [2.45, 2.75) is 39.8 Å². The lowest BCUT2D eigenvalue weighted by molar-refractivity contribution is -0.141. The third-order valence-electron chi connectivity index (χ3n) is 3.50. The minimum Gasteiger partial charge on any atom is -0.382 e. The molecule has 1 aliphatic heterocycles. The first kappa shape index (κ1) is 14.7. The van der Waals surface area contributed by atoms with Crippen molar-refractivity contribution in [3.05, 3.63) is 35.9 Å². The van der Waals surface area contributed by atoms with Gasteiger partial charge in [0.1, 0.15) is 6.10 Å². The number of imide groups is 1. The number of hydrogen-bond donors (Lipinski definition) is 1. The SMILES string of the molecule is CC(C)(C)CC1C(=O)N(Cc2ccccc2)C(=O)[C@@H]1O. The molecule has 4 heteroatoms. The zero-order chi connectivity index (χ0) is 14.9. The lowest BCUT2D eigenvalue weighted by Gasteiger charge is -2.22. The van der Waals surface area contributed by atoms with Crippen molar-refractivity contribution in [1.82, 2.24) is 4.90 Å². The van der Waals surface area contributed by atoms with E-state index < -0.39 is 17.9 Å². The van der Waals surface area contributed by atoms with E-state index in [1.165, 1.54) is 4.90 Å². The zero-order valence-electron chi connectivity index (χ0n) is 12.2. The molecule has 1 aliphatic rings. The molecule has 1 fully saturated rings. The molecule has 0 bridgehead atoms. The molecule has 0 aliphatic carbocycles. The molecule has 1 saturated heterocycles. The summed E-state index contributed by atoms with van der Waals surface area (Å²) < 4.78 is 0. The Morgan fingerprint density at radius 2 is 1.70 bits per heavy atom. The Morgan fingerprint density at radius 3 is 2.25 bits per heavy atom. The molecule has 108 valence electrons. The van der Waals surface area contributed by atoms with E-state index in [2.05, 4.69) is 0 Å². The standard InChI is InChI=1S/C16H21NO3/c1-16(2,3)9-12-13(18)15(20)17(14(12)19)10-11-7-5-4-6-8-11/h4-8,12-13,18H,9-10H2,1-3H3/t12?,13-/m1/s1. The molecule has 2 amide bonds. The summed E-state index contributed by atoms with van der Waals surface area (Å²) in [4.78, 5) is 25.6. The van der Waals surface area contributed by atoms with Crippen LogP contribution in [0.4, 0.5) is 0 Å². The number of carbonyl (C=O) groups excluding carboxylic acids is 2. The molecule has 1 N–H and O–H groups in total. The highest BCUT2D eigenvalue weighted by Crippen LogP contribution is 2.32. The summed E-state index contributed by atoms with van der Waals surface area (Å²) in [7, 11) is 0. The highest BCUT2D eigenvalue weighted by atomic mass is 16.3. The van der Waals surface area contributed by atoms with Gasteiger partial charge in [-0.1, -0.05) is 51.1 Å². The van der Waals surface area contributed by atoms with Gasteiger partial charge in [-0.25, -0.2) is 0 Å². The van der Waals surface area contributed by atoms with Crippen LogP contribution in [0.3, 0.4) is 0 Å². The van der Waals surface area contributed by atoms with Gasteiger partial charge in [0.25, 0.3) is 5.91 Å². The van der Waals surface area contributed by atoms with Crippen LogP contribution in [0.25, 0.3) is 0 Å². The third-order valence-corrected chi connectivity index (χ3v) is 3.50. The van der Waals surface area contributed by atoms with Crippen LogP contribution in [0.5, 0.6) is 0 Å². The number of carbonyl (C=O) groups is 2. The Kier molecular flexibility index (Phi) is 3.95. The van der Waals surface area contributed by atoms with Gasteiger partial charge in [-0.15, -0.1) is 0 Å². The van der Waals surface area contributed by atoms with E-state index in [1.807, 2.05) is 51.1 Å². The first-order valence-electron chi connectivity index (χ1n) is 6.87. The van der Waals surface area contributed by atoms with Gasteiger partial charge in [0.05, 0.1) is 12.5 Å². The number of benzene rings is 1. The summed E-state index contributed by atoms with van der Waals surface area (Å²) in [5.41, 5.74) is 0.780. The molecule has 4 nitrogen and oxygen atoms in total. The molecule has 2 atom stereocenters. The van der Waals surface area contributed by atoms with Crippen LogP contribution in [-0.4, -0.2) is 27.9 Å². The zero-order valence-corrected chi connectivity index (χ0v) is 12.2. The molecule has 1 aromatic carbocycles. The minimum atomic E-state index is -1.20. The van der Waals surface area contributed by atoms with Crippen LogP contribution in [0.1, 0.15) is 32.8 Å². The molecular weight excluding hydrogens is 254 g/mol. The van der Waals surface area contributed by atoms with Gasteiger partial charge in [-0.2, -0.15) is 0 Å². The van der Waals surface area contributed by atoms with E-state index in [1.54, 1.807) is 0 Å². The van der Waals surface area contributed by atoms with E-state index in [0.717, 1.165) is 5.56 Å². The van der Waals surface area contributed by atoms with Crippen molar-refractivity contribution in [2.24, 2.45) is 11.3 Å². The molecule has 0 saturated carbocycles. The quantitative estimate of drug-likeness (QED) is 0.858.